The molecule has 1 aromatic heterocycles. The Kier molecular flexibility index (Phi) is 4.50. The number of carbonyl (C=O) groups is 1. The lowest BCUT2D eigenvalue weighted by Crippen LogP contribution is -2.40. The van der Waals surface area contributed by atoms with Crippen molar-refractivity contribution in [3.05, 3.63) is 64.1 Å². The van der Waals surface area contributed by atoms with Crippen molar-refractivity contribution in [1.82, 2.24) is 14.9 Å². The molecule has 2 aromatic rings. The van der Waals surface area contributed by atoms with Gasteiger partial charge in [-0.15, -0.1) is 0 Å². The Morgan fingerprint density at radius 3 is 2.96 bits per heavy atom. The van der Waals surface area contributed by atoms with Gasteiger partial charge in [-0.05, 0) is 30.5 Å². The Bertz CT molecular complexity index is 759. The molecular weight excluding hydrogens is 297 g/mol. The van der Waals surface area contributed by atoms with Crippen LogP contribution < -0.4 is 5.69 Å². The standard InChI is InChI=1S/C17H18FN3O2/c18-14-6-2-1-4-12(14)10-16(22)21-9-3-5-13(11-21)15-7-8-19-17(23)20-15/h1-2,4,6-8,13H,3,5,9-11H2,(H,19,20,23)/t13-/m0/s1. The fraction of sp³-hybridized carbons (Fsp3) is 0.353. The minimum atomic E-state index is -0.377. The molecule has 0 bridgehead atoms. The van der Waals surface area contributed by atoms with E-state index in [4.69, 9.17) is 0 Å². The van der Waals surface area contributed by atoms with Gasteiger partial charge in [-0.2, -0.15) is 0 Å². The summed E-state index contributed by atoms with van der Waals surface area (Å²) in [6, 6.07) is 8.11. The highest BCUT2D eigenvalue weighted by molar-refractivity contribution is 5.79. The number of nitrogens with one attached hydrogen (secondary N) is 1. The minimum absolute atomic E-state index is 0.0618. The van der Waals surface area contributed by atoms with E-state index in [1.807, 2.05) is 0 Å². The van der Waals surface area contributed by atoms with E-state index in [0.717, 1.165) is 18.5 Å². The predicted octanol–water partition coefficient (Wildman–Crippen LogP) is 1.86. The molecule has 1 saturated heterocycles. The van der Waals surface area contributed by atoms with E-state index in [9.17, 15) is 14.0 Å². The zero-order valence-electron chi connectivity index (χ0n) is 12.7. The molecule has 1 amide bonds. The van der Waals surface area contributed by atoms with Crippen LogP contribution in [0.25, 0.3) is 0 Å². The number of aromatic nitrogens is 2. The maximum absolute atomic E-state index is 13.7. The molecule has 0 unspecified atom stereocenters. The van der Waals surface area contributed by atoms with Crippen molar-refractivity contribution in [1.29, 1.82) is 0 Å². The molecular formula is C17H18FN3O2. The smallest absolute Gasteiger partial charge is 0.342 e. The molecule has 1 aromatic carbocycles. The predicted molar refractivity (Wildman–Crippen MR) is 83.5 cm³/mol. The topological polar surface area (TPSA) is 66.1 Å². The van der Waals surface area contributed by atoms with Crippen LogP contribution in [-0.2, 0) is 11.2 Å². The molecule has 120 valence electrons. The lowest BCUT2D eigenvalue weighted by Gasteiger charge is -2.32. The van der Waals surface area contributed by atoms with Crippen LogP contribution in [0, 0.1) is 5.82 Å². The third-order valence-corrected chi connectivity index (χ3v) is 4.21. The summed E-state index contributed by atoms with van der Waals surface area (Å²) in [6.45, 7) is 1.20. The Hall–Kier alpha value is -2.50. The third kappa shape index (κ3) is 3.64. The number of piperidine rings is 1. The highest BCUT2D eigenvalue weighted by atomic mass is 19.1. The van der Waals surface area contributed by atoms with E-state index >= 15 is 0 Å². The normalized spacial score (nSPS) is 18.0. The van der Waals surface area contributed by atoms with E-state index in [1.165, 1.54) is 12.3 Å². The number of hydrogen-bond donors (Lipinski definition) is 1. The average Bonchev–Trinajstić information content (AvgIpc) is 2.57. The Morgan fingerprint density at radius 1 is 1.35 bits per heavy atom. The number of H-pyrrole nitrogens is 1. The maximum Gasteiger partial charge on any atom is 0.345 e. The zero-order chi connectivity index (χ0) is 16.2. The minimum Gasteiger partial charge on any atom is -0.342 e. The summed E-state index contributed by atoms with van der Waals surface area (Å²) in [6.07, 6.45) is 3.31. The average molecular weight is 315 g/mol. The molecule has 0 radical (unpaired) electrons. The number of halogens is 1. The highest BCUT2D eigenvalue weighted by Crippen LogP contribution is 2.25. The van der Waals surface area contributed by atoms with E-state index in [-0.39, 0.29) is 29.8 Å². The van der Waals surface area contributed by atoms with Crippen LogP contribution in [-0.4, -0.2) is 33.9 Å². The Labute approximate surface area is 133 Å². The molecule has 1 aliphatic heterocycles. The van der Waals surface area contributed by atoms with E-state index in [2.05, 4.69) is 9.97 Å². The molecule has 1 fully saturated rings. The maximum atomic E-state index is 13.7. The molecule has 3 rings (SSSR count). The first-order valence-electron chi connectivity index (χ1n) is 7.70. The number of nitrogens with zero attached hydrogens (tertiary/aromatic N) is 2. The molecule has 0 aliphatic carbocycles. The van der Waals surface area contributed by atoms with Gasteiger partial charge in [-0.25, -0.2) is 14.2 Å². The number of hydrogen-bond acceptors (Lipinski definition) is 3. The molecule has 5 nitrogen and oxygen atoms in total. The van der Waals surface area contributed by atoms with Crippen molar-refractivity contribution in [2.45, 2.75) is 25.2 Å². The Balaban J connectivity index is 1.70. The molecule has 0 saturated carbocycles. The van der Waals surface area contributed by atoms with Crippen molar-refractivity contribution in [2.24, 2.45) is 0 Å². The second-order valence-electron chi connectivity index (χ2n) is 5.78. The molecule has 23 heavy (non-hydrogen) atoms. The summed E-state index contributed by atoms with van der Waals surface area (Å²) in [5, 5.41) is 0. The number of carbonyl (C=O) groups excluding carboxylic acids is 1. The summed E-state index contributed by atoms with van der Waals surface area (Å²) in [5.74, 6) is -0.354. The fourth-order valence-electron chi connectivity index (χ4n) is 2.99. The van der Waals surface area contributed by atoms with Crippen LogP contribution in [0.2, 0.25) is 0 Å². The summed E-state index contributed by atoms with van der Waals surface area (Å²) in [4.78, 5) is 31.9. The first kappa shape index (κ1) is 15.4. The van der Waals surface area contributed by atoms with Crippen LogP contribution in [0.5, 0.6) is 0 Å². The zero-order valence-corrected chi connectivity index (χ0v) is 12.7. The molecule has 1 atom stereocenters. The molecule has 1 N–H and O–H groups in total. The second-order valence-corrected chi connectivity index (χ2v) is 5.78. The van der Waals surface area contributed by atoms with Crippen molar-refractivity contribution in [2.75, 3.05) is 13.1 Å². The van der Waals surface area contributed by atoms with Gasteiger partial charge in [0.25, 0.3) is 0 Å². The SMILES string of the molecule is O=C(Cc1ccccc1F)N1CCC[C@H](c2ccnc(=O)[nH]2)C1. The van der Waals surface area contributed by atoms with Gasteiger partial charge in [0.15, 0.2) is 0 Å². The van der Waals surface area contributed by atoms with Crippen LogP contribution >= 0.6 is 0 Å². The van der Waals surface area contributed by atoms with Gasteiger partial charge >= 0.3 is 5.69 Å². The van der Waals surface area contributed by atoms with Gasteiger partial charge in [0.2, 0.25) is 5.91 Å². The van der Waals surface area contributed by atoms with Gasteiger partial charge in [0.1, 0.15) is 5.82 Å². The first-order valence-corrected chi connectivity index (χ1v) is 7.70. The molecule has 2 heterocycles. The van der Waals surface area contributed by atoms with Gasteiger partial charge in [-0.3, -0.25) is 4.79 Å². The van der Waals surface area contributed by atoms with E-state index in [1.54, 1.807) is 29.2 Å². The largest absolute Gasteiger partial charge is 0.345 e. The number of rotatable bonds is 3. The van der Waals surface area contributed by atoms with Gasteiger partial charge in [-0.1, -0.05) is 18.2 Å². The summed E-state index contributed by atoms with van der Waals surface area (Å²) in [7, 11) is 0. The monoisotopic (exact) mass is 315 g/mol. The Morgan fingerprint density at radius 2 is 2.17 bits per heavy atom. The first-order chi connectivity index (χ1) is 11.1. The van der Waals surface area contributed by atoms with Crippen molar-refractivity contribution in [3.63, 3.8) is 0 Å². The number of aromatic amines is 1. The summed E-state index contributed by atoms with van der Waals surface area (Å²) in [5.41, 5.74) is 0.836. The third-order valence-electron chi connectivity index (χ3n) is 4.21. The van der Waals surface area contributed by atoms with Crippen LogP contribution in [0.3, 0.4) is 0 Å². The number of likely N-dealkylation sites (tertiary alicyclic amines) is 1. The van der Waals surface area contributed by atoms with Crippen molar-refractivity contribution in [3.8, 4) is 0 Å². The number of amides is 1. The van der Waals surface area contributed by atoms with E-state index in [0.29, 0.717) is 18.7 Å². The highest BCUT2D eigenvalue weighted by Gasteiger charge is 2.25. The quantitative estimate of drug-likeness (QED) is 0.940. The van der Waals surface area contributed by atoms with Crippen LogP contribution in [0.1, 0.15) is 30.0 Å². The number of benzene rings is 1. The van der Waals surface area contributed by atoms with Gasteiger partial charge in [0.05, 0.1) is 6.42 Å². The summed E-state index contributed by atoms with van der Waals surface area (Å²) >= 11 is 0. The van der Waals surface area contributed by atoms with Crippen LogP contribution in [0.15, 0.2) is 41.3 Å². The lowest BCUT2D eigenvalue weighted by atomic mass is 9.94. The van der Waals surface area contributed by atoms with Crippen molar-refractivity contribution < 1.29 is 9.18 Å². The van der Waals surface area contributed by atoms with Crippen LogP contribution in [0.4, 0.5) is 4.39 Å². The fourth-order valence-corrected chi connectivity index (χ4v) is 2.99. The van der Waals surface area contributed by atoms with E-state index < -0.39 is 0 Å². The van der Waals surface area contributed by atoms with Gasteiger partial charge < -0.3 is 9.88 Å². The summed E-state index contributed by atoms with van der Waals surface area (Å²) < 4.78 is 13.7. The lowest BCUT2D eigenvalue weighted by molar-refractivity contribution is -0.131. The van der Waals surface area contributed by atoms with Crippen molar-refractivity contribution >= 4 is 5.91 Å². The second kappa shape index (κ2) is 6.73. The molecule has 1 aliphatic rings. The molecule has 0 spiro atoms. The van der Waals surface area contributed by atoms with Gasteiger partial charge in [0, 0.05) is 30.9 Å². The molecule has 6 heteroatoms.